The first-order chi connectivity index (χ1) is 14.1. The number of nitrogens with zero attached hydrogens (tertiary/aromatic N) is 6. The second-order valence-corrected chi connectivity index (χ2v) is 8.82. The number of anilines is 2. The highest BCUT2D eigenvalue weighted by Crippen LogP contribution is 2.34. The van der Waals surface area contributed by atoms with Crippen LogP contribution < -0.4 is 9.80 Å². The maximum atomic E-state index is 12.7. The Balaban J connectivity index is 1.46. The fourth-order valence-electron chi connectivity index (χ4n) is 3.15. The van der Waals surface area contributed by atoms with Crippen molar-refractivity contribution < 1.29 is 26.3 Å². The molecule has 1 saturated heterocycles. The zero-order valence-corrected chi connectivity index (χ0v) is 16.8. The smallest absolute Gasteiger partial charge is 0.352 e. The zero-order valence-electron chi connectivity index (χ0n) is 15.2. The third-order valence-corrected chi connectivity index (χ3v) is 6.42. The summed E-state index contributed by atoms with van der Waals surface area (Å²) in [5, 5.41) is 8.36. The van der Waals surface area contributed by atoms with Gasteiger partial charge in [0.15, 0.2) is 0 Å². The third kappa shape index (κ3) is 4.91. The Morgan fingerprint density at radius 1 is 0.833 bits per heavy atom. The molecule has 4 heterocycles. The molecule has 0 atom stereocenters. The van der Waals surface area contributed by atoms with Crippen LogP contribution in [0.5, 0.6) is 0 Å². The molecule has 0 unspecified atom stereocenters. The number of fused-ring (bicyclic) bond motifs is 1. The second-order valence-electron chi connectivity index (χ2n) is 6.67. The van der Waals surface area contributed by atoms with E-state index in [4.69, 9.17) is 0 Å². The Morgan fingerprint density at radius 3 is 2.17 bits per heavy atom. The van der Waals surface area contributed by atoms with Crippen LogP contribution in [0.1, 0.15) is 9.88 Å². The second kappa shape index (κ2) is 7.80. The number of hydrogen-bond acceptors (Lipinski definition) is 8. The van der Waals surface area contributed by atoms with Crippen LogP contribution >= 0.6 is 22.7 Å². The Bertz CT molecular complexity index is 1020. The molecule has 0 aromatic carbocycles. The van der Waals surface area contributed by atoms with Crippen LogP contribution in [-0.4, -0.2) is 58.7 Å². The van der Waals surface area contributed by atoms with Gasteiger partial charge in [0.1, 0.15) is 22.0 Å². The number of hydrogen-bond donors (Lipinski definition) is 0. The minimum absolute atomic E-state index is 0.0899. The molecule has 162 valence electrons. The van der Waals surface area contributed by atoms with Crippen LogP contribution in [-0.2, 0) is 12.8 Å². The molecule has 0 spiro atoms. The van der Waals surface area contributed by atoms with Gasteiger partial charge in [-0.15, -0.1) is 21.5 Å². The Hall–Kier alpha value is -2.22. The Kier molecular flexibility index (Phi) is 5.46. The summed E-state index contributed by atoms with van der Waals surface area (Å²) in [7, 11) is 0. The molecule has 4 rings (SSSR count). The molecular weight excluding hydrogens is 454 g/mol. The zero-order chi connectivity index (χ0) is 21.5. The van der Waals surface area contributed by atoms with Crippen LogP contribution in [0.3, 0.4) is 0 Å². The molecule has 6 nitrogen and oxygen atoms in total. The predicted octanol–water partition coefficient (Wildman–Crippen LogP) is 4.08. The van der Waals surface area contributed by atoms with Crippen molar-refractivity contribution in [2.24, 2.45) is 0 Å². The molecule has 0 radical (unpaired) electrons. The summed E-state index contributed by atoms with van der Waals surface area (Å²) in [6.07, 6.45) is -9.43. The van der Waals surface area contributed by atoms with Crippen molar-refractivity contribution in [2.45, 2.75) is 25.2 Å². The first-order valence-electron chi connectivity index (χ1n) is 8.76. The van der Waals surface area contributed by atoms with Gasteiger partial charge in [0.25, 0.3) is 0 Å². The monoisotopic (exact) mass is 468 g/mol. The average molecular weight is 468 g/mol. The third-order valence-electron chi connectivity index (χ3n) is 4.39. The van der Waals surface area contributed by atoms with E-state index < -0.39 is 25.2 Å². The summed E-state index contributed by atoms with van der Waals surface area (Å²) < 4.78 is 75.6. The van der Waals surface area contributed by atoms with Gasteiger partial charge in [0, 0.05) is 31.1 Å². The van der Waals surface area contributed by atoms with Gasteiger partial charge in [-0.05, 0) is 6.07 Å². The van der Waals surface area contributed by atoms with Crippen LogP contribution in [0.4, 0.5) is 37.3 Å². The predicted molar refractivity (Wildman–Crippen MR) is 101 cm³/mol. The first kappa shape index (κ1) is 21.0. The SMILES string of the molecule is FC(F)(F)Cc1cc2c(N3CCN(c4nnc(CC(F)(F)F)s4)CC3)ncnc2s1. The van der Waals surface area contributed by atoms with Gasteiger partial charge in [-0.25, -0.2) is 9.97 Å². The van der Waals surface area contributed by atoms with Crippen LogP contribution in [0.2, 0.25) is 0 Å². The molecule has 0 saturated carbocycles. The number of rotatable bonds is 4. The highest BCUT2D eigenvalue weighted by molar-refractivity contribution is 7.18. The fourth-order valence-corrected chi connectivity index (χ4v) is 5.10. The summed E-state index contributed by atoms with van der Waals surface area (Å²) in [5.41, 5.74) is 0. The molecule has 1 aliphatic heterocycles. The summed E-state index contributed by atoms with van der Waals surface area (Å²) >= 11 is 1.90. The molecular formula is C16H14F6N6S2. The van der Waals surface area contributed by atoms with Crippen molar-refractivity contribution in [3.8, 4) is 0 Å². The molecule has 0 amide bonds. The molecule has 0 bridgehead atoms. The van der Waals surface area contributed by atoms with Crippen molar-refractivity contribution >= 4 is 43.8 Å². The molecule has 3 aromatic heterocycles. The average Bonchev–Trinajstić information content (AvgIpc) is 3.25. The van der Waals surface area contributed by atoms with Crippen molar-refractivity contribution in [1.82, 2.24) is 20.2 Å². The van der Waals surface area contributed by atoms with E-state index in [2.05, 4.69) is 20.2 Å². The lowest BCUT2D eigenvalue weighted by molar-refractivity contribution is -0.128. The largest absolute Gasteiger partial charge is 0.395 e. The van der Waals surface area contributed by atoms with Gasteiger partial charge < -0.3 is 9.80 Å². The van der Waals surface area contributed by atoms with E-state index in [0.717, 1.165) is 22.7 Å². The lowest BCUT2D eigenvalue weighted by Crippen LogP contribution is -2.46. The number of thiophene rings is 1. The lowest BCUT2D eigenvalue weighted by atomic mass is 10.2. The number of alkyl halides is 6. The molecule has 0 aliphatic carbocycles. The van der Waals surface area contributed by atoms with E-state index >= 15 is 0 Å². The van der Waals surface area contributed by atoms with Crippen LogP contribution in [0.15, 0.2) is 12.4 Å². The van der Waals surface area contributed by atoms with Crippen molar-refractivity contribution in [1.29, 1.82) is 0 Å². The Morgan fingerprint density at radius 2 is 1.50 bits per heavy atom. The van der Waals surface area contributed by atoms with E-state index in [1.54, 1.807) is 0 Å². The fraction of sp³-hybridized carbons (Fsp3) is 0.500. The number of aromatic nitrogens is 4. The van der Waals surface area contributed by atoms with Gasteiger partial charge in [0.2, 0.25) is 5.13 Å². The maximum Gasteiger partial charge on any atom is 0.395 e. The number of halogens is 6. The maximum absolute atomic E-state index is 12.7. The van der Waals surface area contributed by atoms with Crippen LogP contribution in [0.25, 0.3) is 10.2 Å². The van der Waals surface area contributed by atoms with E-state index in [1.807, 2.05) is 9.80 Å². The van der Waals surface area contributed by atoms with Gasteiger partial charge in [0.05, 0.1) is 18.2 Å². The molecule has 3 aromatic rings. The van der Waals surface area contributed by atoms with E-state index in [9.17, 15) is 26.3 Å². The van der Waals surface area contributed by atoms with Crippen molar-refractivity contribution in [2.75, 3.05) is 36.0 Å². The molecule has 1 fully saturated rings. The van der Waals surface area contributed by atoms with E-state index in [-0.39, 0.29) is 9.88 Å². The van der Waals surface area contributed by atoms with E-state index in [1.165, 1.54) is 12.4 Å². The normalized spacial score (nSPS) is 15.9. The van der Waals surface area contributed by atoms with Gasteiger partial charge in [-0.3, -0.25) is 0 Å². The lowest BCUT2D eigenvalue weighted by Gasteiger charge is -2.35. The molecule has 30 heavy (non-hydrogen) atoms. The summed E-state index contributed by atoms with van der Waals surface area (Å²) in [5.74, 6) is 0.555. The van der Waals surface area contributed by atoms with Gasteiger partial charge in [-0.2, -0.15) is 26.3 Å². The first-order valence-corrected chi connectivity index (χ1v) is 10.4. The minimum Gasteiger partial charge on any atom is -0.352 e. The van der Waals surface area contributed by atoms with Crippen molar-refractivity contribution in [3.05, 3.63) is 22.3 Å². The summed E-state index contributed by atoms with van der Waals surface area (Å²) in [4.78, 5) is 12.8. The summed E-state index contributed by atoms with van der Waals surface area (Å²) in [6.45, 7) is 1.94. The topological polar surface area (TPSA) is 58.0 Å². The van der Waals surface area contributed by atoms with Gasteiger partial charge >= 0.3 is 12.4 Å². The minimum atomic E-state index is -4.33. The van der Waals surface area contributed by atoms with Crippen molar-refractivity contribution in [3.63, 3.8) is 0 Å². The van der Waals surface area contributed by atoms with Crippen LogP contribution in [0, 0.1) is 0 Å². The molecule has 0 N–H and O–H groups in total. The molecule has 14 heteroatoms. The Labute approximate surface area is 174 Å². The molecule has 1 aliphatic rings. The highest BCUT2D eigenvalue weighted by Gasteiger charge is 2.31. The highest BCUT2D eigenvalue weighted by atomic mass is 32.1. The van der Waals surface area contributed by atoms with Gasteiger partial charge in [-0.1, -0.05) is 11.3 Å². The number of piperazine rings is 1. The standard InChI is InChI=1S/C16H14F6N6S2/c17-15(18,19)6-9-5-10-12(23-8-24-13(10)29-9)27-1-3-28(4-2-27)14-26-25-11(30-14)7-16(20,21)22/h5,8H,1-4,6-7H2. The quantitative estimate of drug-likeness (QED) is 0.538. The summed E-state index contributed by atoms with van der Waals surface area (Å²) in [6, 6.07) is 1.48. The van der Waals surface area contributed by atoms with E-state index in [0.29, 0.717) is 47.3 Å².